The van der Waals surface area contributed by atoms with Crippen molar-refractivity contribution in [3.8, 4) is 0 Å². The largest absolute Gasteiger partial charge is 0.375 e. The van der Waals surface area contributed by atoms with E-state index in [0.29, 0.717) is 5.13 Å². The van der Waals surface area contributed by atoms with Gasteiger partial charge in [0.05, 0.1) is 10.2 Å². The quantitative estimate of drug-likeness (QED) is 0.727. The van der Waals surface area contributed by atoms with Gasteiger partial charge in [-0.1, -0.05) is 41.7 Å². The van der Waals surface area contributed by atoms with Gasteiger partial charge in [-0.2, -0.15) is 0 Å². The van der Waals surface area contributed by atoms with Gasteiger partial charge in [-0.3, -0.25) is 0 Å². The Morgan fingerprint density at radius 3 is 2.78 bits per heavy atom. The topological polar surface area (TPSA) is 38.9 Å². The van der Waals surface area contributed by atoms with Crippen LogP contribution in [0.1, 0.15) is 5.56 Å². The van der Waals surface area contributed by atoms with E-state index in [-0.39, 0.29) is 0 Å². The van der Waals surface area contributed by atoms with E-state index in [2.05, 4.69) is 41.4 Å². The molecule has 0 aliphatic heterocycles. The molecule has 0 amide bonds. The van der Waals surface area contributed by atoms with Crippen LogP contribution >= 0.6 is 23.1 Å². The van der Waals surface area contributed by atoms with E-state index in [1.165, 1.54) is 10.5 Å². The van der Waals surface area contributed by atoms with Crippen LogP contribution in [-0.4, -0.2) is 4.98 Å². The summed E-state index contributed by atoms with van der Waals surface area (Å²) < 4.78 is 1.16. The number of thiazole rings is 1. The van der Waals surface area contributed by atoms with Crippen LogP contribution in [0.5, 0.6) is 0 Å². The Labute approximate surface area is 114 Å². The summed E-state index contributed by atoms with van der Waals surface area (Å²) in [6.45, 7) is 0. The first kappa shape index (κ1) is 11.6. The maximum absolute atomic E-state index is 5.71. The highest BCUT2D eigenvalue weighted by Crippen LogP contribution is 2.30. The lowest BCUT2D eigenvalue weighted by molar-refractivity contribution is 1.39. The van der Waals surface area contributed by atoms with Crippen molar-refractivity contribution in [2.75, 3.05) is 5.73 Å². The molecule has 0 aliphatic rings. The normalized spacial score (nSPS) is 10.9. The number of benzene rings is 2. The molecule has 0 saturated heterocycles. The van der Waals surface area contributed by atoms with Crippen LogP contribution in [0.4, 0.5) is 5.13 Å². The number of fused-ring (bicyclic) bond motifs is 1. The molecule has 1 aromatic heterocycles. The zero-order valence-corrected chi connectivity index (χ0v) is 11.3. The molecule has 3 rings (SSSR count). The Bertz CT molecular complexity index is 662. The number of hydrogen-bond donors (Lipinski definition) is 1. The number of nitrogens with zero attached hydrogens (tertiary/aromatic N) is 1. The van der Waals surface area contributed by atoms with Gasteiger partial charge in [0.25, 0.3) is 0 Å². The summed E-state index contributed by atoms with van der Waals surface area (Å²) in [6.07, 6.45) is 0. The summed E-state index contributed by atoms with van der Waals surface area (Å²) in [5, 5.41) is 0.634. The van der Waals surface area contributed by atoms with Crippen molar-refractivity contribution < 1.29 is 0 Å². The molecule has 2 nitrogen and oxygen atoms in total. The molecule has 3 aromatic rings. The lowest BCUT2D eigenvalue weighted by Crippen LogP contribution is -1.80. The highest BCUT2D eigenvalue weighted by Gasteiger charge is 2.02. The third-order valence-electron chi connectivity index (χ3n) is 2.62. The molecule has 0 atom stereocenters. The summed E-state index contributed by atoms with van der Waals surface area (Å²) in [4.78, 5) is 5.52. The van der Waals surface area contributed by atoms with Crippen molar-refractivity contribution >= 4 is 38.4 Å². The number of nitrogens with two attached hydrogens (primary N) is 1. The minimum Gasteiger partial charge on any atom is -0.375 e. The number of hydrogen-bond acceptors (Lipinski definition) is 4. The number of thioether (sulfide) groups is 1. The highest BCUT2D eigenvalue weighted by molar-refractivity contribution is 7.98. The Kier molecular flexibility index (Phi) is 3.21. The third kappa shape index (κ3) is 2.49. The van der Waals surface area contributed by atoms with E-state index in [9.17, 15) is 0 Å². The van der Waals surface area contributed by atoms with Crippen LogP contribution in [0, 0.1) is 0 Å². The zero-order valence-electron chi connectivity index (χ0n) is 9.67. The smallest absolute Gasteiger partial charge is 0.181 e. The molecule has 4 heteroatoms. The van der Waals surface area contributed by atoms with E-state index in [0.717, 1.165) is 16.0 Å². The second kappa shape index (κ2) is 5.00. The van der Waals surface area contributed by atoms with Crippen molar-refractivity contribution in [1.82, 2.24) is 4.98 Å². The van der Waals surface area contributed by atoms with Crippen molar-refractivity contribution in [3.63, 3.8) is 0 Å². The van der Waals surface area contributed by atoms with Gasteiger partial charge in [0.2, 0.25) is 0 Å². The summed E-state index contributed by atoms with van der Waals surface area (Å²) in [5.41, 5.74) is 8.03. The number of nitrogen functional groups attached to an aromatic ring is 1. The maximum atomic E-state index is 5.71. The van der Waals surface area contributed by atoms with Crippen LogP contribution in [0.2, 0.25) is 0 Å². The average Bonchev–Trinajstić information content (AvgIpc) is 2.77. The van der Waals surface area contributed by atoms with Gasteiger partial charge in [0.15, 0.2) is 5.13 Å². The van der Waals surface area contributed by atoms with E-state index < -0.39 is 0 Å². The highest BCUT2D eigenvalue weighted by atomic mass is 32.2. The first-order chi connectivity index (χ1) is 8.81. The van der Waals surface area contributed by atoms with Gasteiger partial charge in [-0.05, 0) is 23.8 Å². The predicted molar refractivity (Wildman–Crippen MR) is 80.0 cm³/mol. The molecular formula is C14H12N2S2. The molecule has 0 spiro atoms. The summed E-state index contributed by atoms with van der Waals surface area (Å²) in [6, 6.07) is 16.8. The molecule has 2 N–H and O–H groups in total. The summed E-state index contributed by atoms with van der Waals surface area (Å²) in [5.74, 6) is 0.987. The Balaban J connectivity index is 1.78. The fraction of sp³-hybridized carbons (Fsp3) is 0.0714. The SMILES string of the molecule is Nc1nc2ccc(SCc3ccccc3)cc2s1. The van der Waals surface area contributed by atoms with Gasteiger partial charge in [0.1, 0.15) is 0 Å². The Morgan fingerprint density at radius 1 is 1.11 bits per heavy atom. The zero-order chi connectivity index (χ0) is 12.4. The van der Waals surface area contributed by atoms with Crippen LogP contribution in [0.15, 0.2) is 53.4 Å². The first-order valence-corrected chi connectivity index (χ1v) is 7.44. The molecule has 0 fully saturated rings. The molecule has 0 bridgehead atoms. The lowest BCUT2D eigenvalue weighted by Gasteiger charge is -2.01. The van der Waals surface area contributed by atoms with Gasteiger partial charge < -0.3 is 5.73 Å². The van der Waals surface area contributed by atoms with Crippen LogP contribution in [-0.2, 0) is 5.75 Å². The van der Waals surface area contributed by atoms with Crippen molar-refractivity contribution in [2.24, 2.45) is 0 Å². The maximum Gasteiger partial charge on any atom is 0.181 e. The minimum absolute atomic E-state index is 0.634. The number of anilines is 1. The van der Waals surface area contributed by atoms with E-state index in [4.69, 9.17) is 5.73 Å². The predicted octanol–water partition coefficient (Wildman–Crippen LogP) is 4.17. The molecule has 0 aliphatic carbocycles. The fourth-order valence-corrected chi connectivity index (χ4v) is 3.49. The molecule has 2 aromatic carbocycles. The van der Waals surface area contributed by atoms with Gasteiger partial charge >= 0.3 is 0 Å². The van der Waals surface area contributed by atoms with Gasteiger partial charge in [-0.25, -0.2) is 4.98 Å². The average molecular weight is 272 g/mol. The van der Waals surface area contributed by atoms with Crippen molar-refractivity contribution in [2.45, 2.75) is 10.6 Å². The second-order valence-electron chi connectivity index (χ2n) is 3.96. The molecule has 0 radical (unpaired) electrons. The first-order valence-electron chi connectivity index (χ1n) is 5.64. The standard InChI is InChI=1S/C14H12N2S2/c15-14-16-12-7-6-11(8-13(12)18-14)17-9-10-4-2-1-3-5-10/h1-8H,9H2,(H2,15,16). The number of rotatable bonds is 3. The van der Waals surface area contributed by atoms with Gasteiger partial charge in [-0.15, -0.1) is 11.8 Å². The minimum atomic E-state index is 0.634. The molecule has 0 saturated carbocycles. The van der Waals surface area contributed by atoms with E-state index in [1.807, 2.05) is 23.9 Å². The number of aromatic nitrogens is 1. The Morgan fingerprint density at radius 2 is 1.94 bits per heavy atom. The molecule has 90 valence electrons. The summed E-state index contributed by atoms with van der Waals surface area (Å²) >= 11 is 3.38. The second-order valence-corrected chi connectivity index (χ2v) is 6.07. The Hall–Kier alpha value is -1.52. The van der Waals surface area contributed by atoms with E-state index >= 15 is 0 Å². The molecule has 1 heterocycles. The molecular weight excluding hydrogens is 260 g/mol. The summed E-state index contributed by atoms with van der Waals surface area (Å²) in [7, 11) is 0. The fourth-order valence-electron chi connectivity index (χ4n) is 1.75. The molecule has 0 unspecified atom stereocenters. The molecule has 18 heavy (non-hydrogen) atoms. The van der Waals surface area contributed by atoms with E-state index in [1.54, 1.807) is 11.3 Å². The van der Waals surface area contributed by atoms with Crippen LogP contribution < -0.4 is 5.73 Å². The lowest BCUT2D eigenvalue weighted by atomic mass is 10.2. The monoisotopic (exact) mass is 272 g/mol. The van der Waals surface area contributed by atoms with Crippen LogP contribution in [0.3, 0.4) is 0 Å². The third-order valence-corrected chi connectivity index (χ3v) is 4.54. The van der Waals surface area contributed by atoms with Crippen molar-refractivity contribution in [1.29, 1.82) is 0 Å². The van der Waals surface area contributed by atoms with Gasteiger partial charge in [0, 0.05) is 10.6 Å². The van der Waals surface area contributed by atoms with Crippen LogP contribution in [0.25, 0.3) is 10.2 Å². The van der Waals surface area contributed by atoms with Crippen molar-refractivity contribution in [3.05, 3.63) is 54.1 Å².